The minimum absolute atomic E-state index is 0.0139. The number of nitrogens with zero attached hydrogens (tertiary/aromatic N) is 1. The highest BCUT2D eigenvalue weighted by atomic mass is 35.5. The van der Waals surface area contributed by atoms with Crippen LogP contribution in [0.5, 0.6) is 0 Å². The fourth-order valence-electron chi connectivity index (χ4n) is 1.66. The van der Waals surface area contributed by atoms with E-state index in [2.05, 4.69) is 10.6 Å². The standard InChI is InChI=1S/C12H12ClN2O/c13-7-12(16)14-6-5-9-8-15-11-4-2-1-3-10(9)11/h1-4,8H,5-7H2,(H,14,16). The molecule has 0 saturated heterocycles. The lowest BCUT2D eigenvalue weighted by Crippen LogP contribution is -2.25. The summed E-state index contributed by atoms with van der Waals surface area (Å²) in [7, 11) is 0. The Bertz CT molecular complexity index is 429. The van der Waals surface area contributed by atoms with Gasteiger partial charge < -0.3 is 5.32 Å². The van der Waals surface area contributed by atoms with Crippen LogP contribution in [0.1, 0.15) is 12.0 Å². The molecule has 1 N–H and O–H groups in total. The maximum atomic E-state index is 10.9. The smallest absolute Gasteiger partial charge is 0.234 e. The summed E-state index contributed by atoms with van der Waals surface area (Å²) in [6, 6.07) is 7.98. The molecule has 1 heterocycles. The lowest BCUT2D eigenvalue weighted by molar-refractivity contribution is -0.118. The van der Waals surface area contributed by atoms with Crippen LogP contribution < -0.4 is 10.6 Å². The number of para-hydroxylation sites is 1. The first-order valence-corrected chi connectivity index (χ1v) is 5.66. The highest BCUT2D eigenvalue weighted by molar-refractivity contribution is 6.27. The Kier molecular flexibility index (Phi) is 3.47. The number of hydrogen-bond donors (Lipinski definition) is 1. The molecule has 16 heavy (non-hydrogen) atoms. The number of alkyl halides is 1. The molecule has 0 fully saturated rings. The monoisotopic (exact) mass is 235 g/mol. The lowest BCUT2D eigenvalue weighted by atomic mass is 10.0. The maximum absolute atomic E-state index is 10.9. The van der Waals surface area contributed by atoms with Gasteiger partial charge in [-0.2, -0.15) is 0 Å². The van der Waals surface area contributed by atoms with Gasteiger partial charge in [-0.15, -0.1) is 11.6 Å². The summed E-state index contributed by atoms with van der Waals surface area (Å²) in [5.74, 6) is -0.120. The normalized spacial score (nSPS) is 12.7. The van der Waals surface area contributed by atoms with E-state index in [0.717, 1.165) is 23.2 Å². The van der Waals surface area contributed by atoms with Gasteiger partial charge in [0.15, 0.2) is 0 Å². The maximum Gasteiger partial charge on any atom is 0.234 e. The molecule has 1 aromatic rings. The summed E-state index contributed by atoms with van der Waals surface area (Å²) in [5.41, 5.74) is 3.31. The molecule has 1 radical (unpaired) electrons. The summed E-state index contributed by atoms with van der Waals surface area (Å²) < 4.78 is 0. The topological polar surface area (TPSA) is 43.2 Å². The quantitative estimate of drug-likeness (QED) is 0.798. The number of carbonyl (C=O) groups is 1. The van der Waals surface area contributed by atoms with Gasteiger partial charge in [0.25, 0.3) is 0 Å². The third-order valence-corrected chi connectivity index (χ3v) is 2.69. The van der Waals surface area contributed by atoms with Crippen LogP contribution in [0, 0.1) is 0 Å². The first kappa shape index (κ1) is 11.0. The van der Waals surface area contributed by atoms with Crippen LogP contribution in [0.15, 0.2) is 30.5 Å². The van der Waals surface area contributed by atoms with Crippen molar-refractivity contribution in [2.45, 2.75) is 6.42 Å². The Morgan fingerprint density at radius 1 is 1.38 bits per heavy atom. The van der Waals surface area contributed by atoms with Gasteiger partial charge in [0, 0.05) is 18.3 Å². The molecule has 4 heteroatoms. The molecule has 2 rings (SSSR count). The zero-order valence-corrected chi connectivity index (χ0v) is 9.50. The van der Waals surface area contributed by atoms with Crippen LogP contribution >= 0.6 is 11.6 Å². The number of nitrogens with one attached hydrogen (secondary N) is 1. The Labute approximate surface area is 99.5 Å². The van der Waals surface area contributed by atoms with Crippen LogP contribution in [-0.2, 0) is 4.79 Å². The molecule has 0 aromatic heterocycles. The fraction of sp³-hybridized carbons (Fsp3) is 0.250. The Morgan fingerprint density at radius 2 is 2.19 bits per heavy atom. The molecular formula is C12H12ClN2O. The van der Waals surface area contributed by atoms with Crippen molar-refractivity contribution < 1.29 is 4.79 Å². The minimum Gasteiger partial charge on any atom is -0.355 e. The van der Waals surface area contributed by atoms with Crippen molar-refractivity contribution in [1.82, 2.24) is 10.6 Å². The van der Waals surface area contributed by atoms with Gasteiger partial charge in [-0.25, -0.2) is 0 Å². The molecule has 1 aromatic carbocycles. The van der Waals surface area contributed by atoms with E-state index in [1.807, 2.05) is 30.5 Å². The Balaban J connectivity index is 1.91. The SMILES string of the molecule is O=C(CCl)NCCC1=C[N]c2ccccc21. The molecule has 0 aliphatic carbocycles. The average Bonchev–Trinajstić information content (AvgIpc) is 2.73. The van der Waals surface area contributed by atoms with E-state index < -0.39 is 0 Å². The molecule has 1 amide bonds. The zero-order valence-electron chi connectivity index (χ0n) is 8.74. The van der Waals surface area contributed by atoms with Crippen molar-refractivity contribution in [3.63, 3.8) is 0 Å². The fourth-order valence-corrected chi connectivity index (χ4v) is 1.75. The van der Waals surface area contributed by atoms with Gasteiger partial charge in [0.05, 0.1) is 5.69 Å². The Morgan fingerprint density at radius 3 is 3.00 bits per heavy atom. The summed E-state index contributed by atoms with van der Waals surface area (Å²) in [6.07, 6.45) is 2.64. The molecular weight excluding hydrogens is 224 g/mol. The van der Waals surface area contributed by atoms with Gasteiger partial charge in [-0.1, -0.05) is 18.2 Å². The number of carbonyl (C=O) groups excluding carboxylic acids is 1. The number of rotatable bonds is 4. The summed E-state index contributed by atoms with van der Waals surface area (Å²) in [6.45, 7) is 0.598. The van der Waals surface area contributed by atoms with Crippen LogP contribution in [0.3, 0.4) is 0 Å². The van der Waals surface area contributed by atoms with Crippen LogP contribution in [0.25, 0.3) is 5.57 Å². The third-order valence-electron chi connectivity index (χ3n) is 2.45. The van der Waals surface area contributed by atoms with Gasteiger partial charge >= 0.3 is 0 Å². The van der Waals surface area contributed by atoms with E-state index in [1.165, 1.54) is 0 Å². The predicted octanol–water partition coefficient (Wildman–Crippen LogP) is 2.02. The van der Waals surface area contributed by atoms with Crippen LogP contribution in [-0.4, -0.2) is 18.3 Å². The second-order valence-corrected chi connectivity index (χ2v) is 3.80. The largest absolute Gasteiger partial charge is 0.355 e. The Hall–Kier alpha value is -1.48. The molecule has 0 bridgehead atoms. The van der Waals surface area contributed by atoms with Crippen molar-refractivity contribution >= 4 is 28.8 Å². The van der Waals surface area contributed by atoms with E-state index in [-0.39, 0.29) is 11.8 Å². The molecule has 1 aliphatic heterocycles. The van der Waals surface area contributed by atoms with E-state index in [4.69, 9.17) is 11.6 Å². The predicted molar refractivity (Wildman–Crippen MR) is 64.6 cm³/mol. The number of hydrogen-bond acceptors (Lipinski definition) is 1. The van der Waals surface area contributed by atoms with Gasteiger partial charge in [0.2, 0.25) is 5.91 Å². The van der Waals surface area contributed by atoms with Gasteiger partial charge in [-0.3, -0.25) is 10.1 Å². The highest BCUT2D eigenvalue weighted by Gasteiger charge is 2.13. The number of benzene rings is 1. The molecule has 3 nitrogen and oxygen atoms in total. The first-order valence-electron chi connectivity index (χ1n) is 5.13. The first-order chi connectivity index (χ1) is 7.81. The van der Waals surface area contributed by atoms with Crippen LogP contribution in [0.2, 0.25) is 0 Å². The molecule has 1 aliphatic rings. The van der Waals surface area contributed by atoms with E-state index >= 15 is 0 Å². The molecule has 0 unspecified atom stereocenters. The second kappa shape index (κ2) is 5.03. The van der Waals surface area contributed by atoms with E-state index in [1.54, 1.807) is 0 Å². The lowest BCUT2D eigenvalue weighted by Gasteiger charge is -2.04. The minimum atomic E-state index is -0.134. The second-order valence-electron chi connectivity index (χ2n) is 3.53. The number of amides is 1. The van der Waals surface area contributed by atoms with Crippen molar-refractivity contribution in [2.75, 3.05) is 12.4 Å². The summed E-state index contributed by atoms with van der Waals surface area (Å²) in [5, 5.41) is 7.03. The zero-order chi connectivity index (χ0) is 11.4. The molecule has 0 spiro atoms. The van der Waals surface area contributed by atoms with Gasteiger partial charge in [0.1, 0.15) is 5.88 Å². The van der Waals surface area contributed by atoms with E-state index in [0.29, 0.717) is 6.54 Å². The summed E-state index contributed by atoms with van der Waals surface area (Å²) >= 11 is 5.38. The summed E-state index contributed by atoms with van der Waals surface area (Å²) in [4.78, 5) is 10.9. The molecule has 0 saturated carbocycles. The number of fused-ring (bicyclic) bond motifs is 1. The average molecular weight is 236 g/mol. The molecule has 83 valence electrons. The van der Waals surface area contributed by atoms with Crippen molar-refractivity contribution in [2.24, 2.45) is 0 Å². The van der Waals surface area contributed by atoms with Crippen molar-refractivity contribution in [1.29, 1.82) is 0 Å². The number of halogens is 1. The molecule has 0 atom stereocenters. The van der Waals surface area contributed by atoms with Gasteiger partial charge in [-0.05, 0) is 18.1 Å². The third kappa shape index (κ3) is 2.36. The highest BCUT2D eigenvalue weighted by Crippen LogP contribution is 2.31. The van der Waals surface area contributed by atoms with E-state index in [9.17, 15) is 4.79 Å². The van der Waals surface area contributed by atoms with Crippen molar-refractivity contribution in [3.05, 3.63) is 36.0 Å². The van der Waals surface area contributed by atoms with Crippen LogP contribution in [0.4, 0.5) is 5.69 Å². The van der Waals surface area contributed by atoms with Crippen molar-refractivity contribution in [3.8, 4) is 0 Å².